The van der Waals surface area contributed by atoms with Crippen LogP contribution in [0.2, 0.25) is 101 Å². The van der Waals surface area contributed by atoms with Crippen LogP contribution in [0, 0.1) is 0 Å². The van der Waals surface area contributed by atoms with E-state index in [0.29, 0.717) is 36.0 Å². The average molecular weight is 822 g/mol. The molecule has 0 aromatic carbocycles. The summed E-state index contributed by atoms with van der Waals surface area (Å²) in [6, 6.07) is 2.36. The third kappa shape index (κ3) is 15.6. The largest absolute Gasteiger partial charge is 0.462 e. The molecule has 3 atom stereocenters. The highest BCUT2D eigenvalue weighted by Gasteiger charge is 2.71. The molecule has 0 radical (unpaired) electrons. The van der Waals surface area contributed by atoms with Crippen LogP contribution in [-0.2, 0) is 40.9 Å². The summed E-state index contributed by atoms with van der Waals surface area (Å²) in [6.07, 6.45) is 1.99. The fourth-order valence-corrected chi connectivity index (χ4v) is 54.3. The van der Waals surface area contributed by atoms with Crippen molar-refractivity contribution in [3.05, 3.63) is 36.5 Å². The van der Waals surface area contributed by atoms with Gasteiger partial charge in [-0.3, -0.25) is 0 Å². The Morgan fingerprint density at radius 2 is 0.680 bits per heavy atom. The second kappa shape index (κ2) is 19.4. The number of rotatable bonds is 24. The van der Waals surface area contributed by atoms with E-state index in [1.165, 1.54) is 0 Å². The molecular weight excluding hydrogens is 749 g/mol. The van der Waals surface area contributed by atoms with Crippen LogP contribution < -0.4 is 0 Å². The Balaban J connectivity index is 7.68. The molecule has 0 bridgehead atoms. The molecular formula is C34H72O9Si7. The number of ether oxygens (including phenoxy) is 3. The molecule has 0 saturated carbocycles. The van der Waals surface area contributed by atoms with Gasteiger partial charge in [-0.15, -0.1) is 0 Å². The molecule has 0 aliphatic heterocycles. The van der Waals surface area contributed by atoms with Crippen molar-refractivity contribution in [2.45, 2.75) is 141 Å². The summed E-state index contributed by atoms with van der Waals surface area (Å²) < 4.78 is 39.4. The first-order chi connectivity index (χ1) is 22.4. The molecule has 16 heteroatoms. The van der Waals surface area contributed by atoms with Crippen LogP contribution in [-0.4, -0.2) is 97.9 Å². The van der Waals surface area contributed by atoms with Gasteiger partial charge in [-0.05, 0) is 137 Å². The van der Waals surface area contributed by atoms with Crippen molar-refractivity contribution in [1.82, 2.24) is 0 Å². The van der Waals surface area contributed by atoms with Crippen molar-refractivity contribution in [3.63, 3.8) is 0 Å². The fourth-order valence-electron chi connectivity index (χ4n) is 7.01. The van der Waals surface area contributed by atoms with Gasteiger partial charge in [0, 0.05) is 30.9 Å². The number of hydrogen-bond donors (Lipinski definition) is 0. The van der Waals surface area contributed by atoms with Crippen molar-refractivity contribution in [3.8, 4) is 0 Å². The van der Waals surface area contributed by atoms with Crippen LogP contribution in [0.5, 0.6) is 0 Å². The molecule has 0 aliphatic rings. The van der Waals surface area contributed by atoms with Crippen molar-refractivity contribution in [2.75, 3.05) is 19.8 Å². The quantitative estimate of drug-likeness (QED) is 0.0316. The maximum Gasteiger partial charge on any atom is 0.333 e. The highest BCUT2D eigenvalue weighted by molar-refractivity contribution is 7.21. The monoisotopic (exact) mass is 820 g/mol. The number of carbonyl (C=O) groups excluding carboxylic acids is 3. The second-order valence-electron chi connectivity index (χ2n) is 17.5. The predicted octanol–water partition coefficient (Wildman–Crippen LogP) is 7.94. The molecule has 0 aromatic rings. The minimum absolute atomic E-state index is 0.287. The molecule has 0 amide bonds. The molecule has 50 heavy (non-hydrogen) atoms. The topological polar surface area (TPSA) is 107 Å². The maximum absolute atomic E-state index is 12.4. The zero-order valence-corrected chi connectivity index (χ0v) is 42.7. The second-order valence-corrected chi connectivity index (χ2v) is 50.5. The Morgan fingerprint density at radius 1 is 0.480 bits per heavy atom. The summed E-state index contributed by atoms with van der Waals surface area (Å²) >= 11 is 0. The first-order valence-electron chi connectivity index (χ1n) is 17.9. The van der Waals surface area contributed by atoms with Gasteiger partial charge in [0.25, 0.3) is 0 Å². The normalized spacial score (nSPS) is 17.3. The predicted molar refractivity (Wildman–Crippen MR) is 226 cm³/mol. The lowest BCUT2D eigenvalue weighted by Crippen LogP contribution is -2.77. The van der Waals surface area contributed by atoms with Gasteiger partial charge in [0.05, 0.1) is 19.8 Å². The summed E-state index contributed by atoms with van der Waals surface area (Å²) in [5, 5.41) is 0. The Kier molecular flexibility index (Phi) is 19.0. The molecule has 0 aliphatic carbocycles. The first kappa shape index (κ1) is 49.0. The van der Waals surface area contributed by atoms with Gasteiger partial charge in [0.2, 0.25) is 0 Å². The zero-order chi connectivity index (χ0) is 39.6. The van der Waals surface area contributed by atoms with Gasteiger partial charge in [0.1, 0.15) is 0 Å². The Hall–Kier alpha value is -0.972. The third-order valence-electron chi connectivity index (χ3n) is 8.91. The van der Waals surface area contributed by atoms with Gasteiger partial charge in [0.15, 0.2) is 49.9 Å². The van der Waals surface area contributed by atoms with E-state index >= 15 is 0 Å². The first-order valence-corrected chi connectivity index (χ1v) is 37.0. The van der Waals surface area contributed by atoms with E-state index in [1.54, 1.807) is 20.8 Å². The molecule has 0 N–H and O–H groups in total. The maximum atomic E-state index is 12.4. The summed E-state index contributed by atoms with van der Waals surface area (Å²) in [5.41, 5.74) is 1.15. The van der Waals surface area contributed by atoms with Crippen LogP contribution in [0.1, 0.15) is 40.0 Å². The SMILES string of the molecule is C=C(C)C(=O)OCCC[Si](C)(O[Si](C)(C)C)C([SiH3])([Si](C)(CCCOC(=O)C(=C)C)O[Si](C)(C)C)[Si](C)(CCCOC(=O)C(=C)C)O[Si](C)(C)C. The molecule has 0 rings (SSSR count). The lowest BCUT2D eigenvalue weighted by molar-refractivity contribution is -0.139. The number of esters is 3. The summed E-state index contributed by atoms with van der Waals surface area (Å²) in [4.78, 5) is 37.1. The standard InChI is InChI=1S/C34H72O9Si7/c1-28(2)31(35)38-22-19-25-48(16,41-45(7,8)9)34(44,49(17,42-46(10,11)12)26-20-23-39-32(36)29(3)4)50(18,43-47(13,14)15)27-21-24-40-33(37)30(5)6/h1,3,5,19-27H2,2,4,6-18,44H3. The van der Waals surface area contributed by atoms with Gasteiger partial charge < -0.3 is 26.6 Å². The minimum atomic E-state index is -2.82. The Labute approximate surface area is 314 Å². The van der Waals surface area contributed by atoms with Crippen LogP contribution in [0.4, 0.5) is 0 Å². The zero-order valence-electron chi connectivity index (χ0n) is 34.7. The highest BCUT2D eigenvalue weighted by atomic mass is 28.5. The van der Waals surface area contributed by atoms with Gasteiger partial charge in [-0.25, -0.2) is 14.4 Å². The molecule has 0 heterocycles. The van der Waals surface area contributed by atoms with Crippen LogP contribution >= 0.6 is 0 Å². The van der Waals surface area contributed by atoms with E-state index < -0.39 is 49.9 Å². The summed E-state index contributed by atoms with van der Waals surface area (Å²) in [5.74, 6) is -1.15. The Bertz CT molecular complexity index is 1080. The summed E-state index contributed by atoms with van der Waals surface area (Å²) in [6.45, 7) is 44.6. The van der Waals surface area contributed by atoms with E-state index in [4.69, 9.17) is 26.6 Å². The van der Waals surface area contributed by atoms with E-state index in [-0.39, 0.29) is 41.6 Å². The lowest BCUT2D eigenvalue weighted by Gasteiger charge is -2.63. The van der Waals surface area contributed by atoms with Gasteiger partial charge in [-0.1, -0.05) is 19.7 Å². The average Bonchev–Trinajstić information content (AvgIpc) is 2.91. The van der Waals surface area contributed by atoms with Crippen LogP contribution in [0.25, 0.3) is 0 Å². The smallest absolute Gasteiger partial charge is 0.333 e. The van der Waals surface area contributed by atoms with E-state index in [9.17, 15) is 14.4 Å². The van der Waals surface area contributed by atoms with Crippen molar-refractivity contribution >= 4 is 78.1 Å². The van der Waals surface area contributed by atoms with Crippen LogP contribution in [0.3, 0.4) is 0 Å². The van der Waals surface area contributed by atoms with Crippen LogP contribution in [0.15, 0.2) is 36.5 Å². The molecule has 9 nitrogen and oxygen atoms in total. The third-order valence-corrected chi connectivity index (χ3v) is 51.0. The minimum Gasteiger partial charge on any atom is -0.462 e. The highest BCUT2D eigenvalue weighted by Crippen LogP contribution is 2.58. The Morgan fingerprint density at radius 3 is 0.840 bits per heavy atom. The molecule has 0 fully saturated rings. The van der Waals surface area contributed by atoms with Crippen molar-refractivity contribution < 1.29 is 40.9 Å². The molecule has 0 spiro atoms. The lowest BCUT2D eigenvalue weighted by atomic mass is 10.4. The van der Waals surface area contributed by atoms with E-state index in [1.807, 2.05) is 0 Å². The molecule has 0 aromatic heterocycles. The fraction of sp³-hybridized carbons (Fsp3) is 0.735. The summed E-state index contributed by atoms with van der Waals surface area (Å²) in [7, 11) is -14.1. The molecule has 0 saturated heterocycles. The number of hydrogen-bond acceptors (Lipinski definition) is 9. The van der Waals surface area contributed by atoms with Gasteiger partial charge >= 0.3 is 17.9 Å². The van der Waals surface area contributed by atoms with Crippen molar-refractivity contribution in [1.29, 1.82) is 0 Å². The molecule has 3 unspecified atom stereocenters. The van der Waals surface area contributed by atoms with Crippen molar-refractivity contribution in [2.24, 2.45) is 0 Å². The molecule has 290 valence electrons. The van der Waals surface area contributed by atoms with Gasteiger partial charge in [-0.2, -0.15) is 0 Å². The van der Waals surface area contributed by atoms with E-state index in [2.05, 4.69) is 98.3 Å². The number of carbonyl (C=O) groups is 3. The van der Waals surface area contributed by atoms with E-state index in [0.717, 1.165) is 28.4 Å².